The Morgan fingerprint density at radius 1 is 0.797 bits per heavy atom. The summed E-state index contributed by atoms with van der Waals surface area (Å²) in [5, 5.41) is 7.69. The number of hydrogen-bond acceptors (Lipinski definition) is 14. The number of ether oxygens (including phenoxy) is 5. The van der Waals surface area contributed by atoms with E-state index in [9.17, 15) is 28.8 Å². The minimum absolute atomic E-state index is 0.000544. The largest absolute Gasteiger partial charge is 0.488 e. The molecule has 5 aromatic rings. The van der Waals surface area contributed by atoms with Gasteiger partial charge in [-0.3, -0.25) is 9.59 Å². The molecular formula is C46H50N6O11S. The van der Waals surface area contributed by atoms with Crippen molar-refractivity contribution in [3.8, 4) is 27.3 Å². The zero-order valence-corrected chi connectivity index (χ0v) is 38.1. The van der Waals surface area contributed by atoms with Gasteiger partial charge in [0.2, 0.25) is 5.95 Å². The van der Waals surface area contributed by atoms with E-state index in [1.54, 1.807) is 74.4 Å². The highest BCUT2D eigenvalue weighted by molar-refractivity contribution is 7.13. The van der Waals surface area contributed by atoms with Gasteiger partial charge in [-0.25, -0.2) is 33.7 Å². The standard InChI is InChI=1S/C46H50N6O11S/c1-44(2,3)61-41(56)51-33-19-26(13-15-31(33)50-40(51)52(42(57)62-45(4,5)6)43(58)63-46(7,8)9)48-37(53)29-20-30-34(60-23-25-17-18-64-36(25)30)21-28(29)27-14-16-32(49-35(27)39(55)59-10)38(54)47-22-24-11-12-24/h13-21,24H,11-12,22-23H2,1-10H3,(H,47,54)(H,48,53). The minimum Gasteiger partial charge on any atom is -0.488 e. The number of rotatable bonds is 8. The molecule has 17 nitrogen and oxygen atoms in total. The van der Waals surface area contributed by atoms with Crippen molar-refractivity contribution in [3.63, 3.8) is 0 Å². The molecule has 0 unspecified atom stereocenters. The zero-order chi connectivity index (χ0) is 46.5. The molecule has 0 atom stereocenters. The number of nitrogens with one attached hydrogen (secondary N) is 2. The average molecular weight is 895 g/mol. The summed E-state index contributed by atoms with van der Waals surface area (Å²) in [7, 11) is 1.19. The maximum absolute atomic E-state index is 14.7. The molecule has 4 heterocycles. The summed E-state index contributed by atoms with van der Waals surface area (Å²) in [4.78, 5) is 93.2. The highest BCUT2D eigenvalue weighted by Gasteiger charge is 2.39. The Morgan fingerprint density at radius 2 is 1.47 bits per heavy atom. The number of esters is 1. The highest BCUT2D eigenvalue weighted by atomic mass is 32.1. The minimum atomic E-state index is -1.17. The molecule has 0 spiro atoms. The summed E-state index contributed by atoms with van der Waals surface area (Å²) < 4.78 is 29.1. The Morgan fingerprint density at radius 3 is 2.09 bits per heavy atom. The molecule has 0 radical (unpaired) electrons. The molecule has 1 aliphatic heterocycles. The van der Waals surface area contributed by atoms with E-state index in [2.05, 4.69) is 20.6 Å². The van der Waals surface area contributed by atoms with Gasteiger partial charge in [0.25, 0.3) is 11.8 Å². The number of amides is 4. The van der Waals surface area contributed by atoms with Crippen molar-refractivity contribution in [3.05, 3.63) is 76.4 Å². The molecule has 1 fully saturated rings. The maximum atomic E-state index is 14.7. The summed E-state index contributed by atoms with van der Waals surface area (Å²) in [6, 6.07) is 12.7. The molecule has 64 heavy (non-hydrogen) atoms. The first kappa shape index (κ1) is 45.2. The van der Waals surface area contributed by atoms with Gasteiger partial charge in [0.1, 0.15) is 34.9 Å². The number of benzene rings is 2. The van der Waals surface area contributed by atoms with Gasteiger partial charge in [0.15, 0.2) is 5.69 Å². The molecule has 1 aliphatic carbocycles. The number of nitrogens with zero attached hydrogens (tertiary/aromatic N) is 4. The first-order chi connectivity index (χ1) is 30.0. The number of carbonyl (C=O) groups is 6. The number of carbonyl (C=O) groups excluding carboxylic acids is 6. The smallest absolute Gasteiger partial charge is 0.427 e. The molecule has 3 aromatic heterocycles. The fourth-order valence-corrected chi connectivity index (χ4v) is 7.60. The van der Waals surface area contributed by atoms with Crippen LogP contribution in [-0.4, -0.2) is 81.1 Å². The number of imidazole rings is 1. The molecule has 2 aromatic carbocycles. The summed E-state index contributed by atoms with van der Waals surface area (Å²) in [5.74, 6) is -1.54. The average Bonchev–Trinajstić information content (AvgIpc) is 3.77. The van der Waals surface area contributed by atoms with E-state index >= 15 is 0 Å². The molecule has 1 saturated carbocycles. The van der Waals surface area contributed by atoms with Gasteiger partial charge in [-0.2, -0.15) is 0 Å². The number of pyridine rings is 1. The molecule has 336 valence electrons. The van der Waals surface area contributed by atoms with Crippen LogP contribution in [0.15, 0.2) is 53.9 Å². The van der Waals surface area contributed by atoms with E-state index in [0.717, 1.165) is 27.8 Å². The topological polar surface area (TPSA) is 207 Å². The van der Waals surface area contributed by atoms with Gasteiger partial charge in [-0.1, -0.05) is 0 Å². The Balaban J connectivity index is 1.35. The van der Waals surface area contributed by atoms with Crippen LogP contribution in [0.3, 0.4) is 0 Å². The van der Waals surface area contributed by atoms with Gasteiger partial charge in [0.05, 0.1) is 18.1 Å². The fourth-order valence-electron chi connectivity index (χ4n) is 6.66. The lowest BCUT2D eigenvalue weighted by atomic mass is 9.92. The van der Waals surface area contributed by atoms with Crippen molar-refractivity contribution < 1.29 is 52.5 Å². The van der Waals surface area contributed by atoms with Gasteiger partial charge < -0.3 is 34.3 Å². The van der Waals surface area contributed by atoms with E-state index in [0.29, 0.717) is 28.7 Å². The third-order valence-corrected chi connectivity index (χ3v) is 10.6. The fraction of sp³-hybridized carbons (Fsp3) is 0.391. The van der Waals surface area contributed by atoms with Crippen LogP contribution in [0.1, 0.15) is 112 Å². The number of fused-ring (bicyclic) bond motifs is 4. The van der Waals surface area contributed by atoms with E-state index in [-0.39, 0.29) is 51.4 Å². The first-order valence-corrected chi connectivity index (χ1v) is 21.5. The second-order valence-electron chi connectivity index (χ2n) is 18.4. The maximum Gasteiger partial charge on any atom is 0.427 e. The first-order valence-electron chi connectivity index (χ1n) is 20.6. The number of methoxy groups -OCH3 is 1. The predicted molar refractivity (Wildman–Crippen MR) is 238 cm³/mol. The number of hydrogen-bond donors (Lipinski definition) is 2. The van der Waals surface area contributed by atoms with Gasteiger partial charge in [-0.05, 0) is 135 Å². The Kier molecular flexibility index (Phi) is 12.0. The second-order valence-corrected chi connectivity index (χ2v) is 19.3. The summed E-state index contributed by atoms with van der Waals surface area (Å²) >= 11 is 1.48. The molecule has 2 N–H and O–H groups in total. The van der Waals surface area contributed by atoms with Crippen molar-refractivity contribution in [1.82, 2.24) is 19.9 Å². The van der Waals surface area contributed by atoms with E-state index < -0.39 is 58.8 Å². The Hall–Kier alpha value is -6.82. The Labute approximate surface area is 373 Å². The summed E-state index contributed by atoms with van der Waals surface area (Å²) in [6.45, 7) is 15.4. The van der Waals surface area contributed by atoms with Crippen LogP contribution in [0.2, 0.25) is 0 Å². The lowest BCUT2D eigenvalue weighted by Gasteiger charge is -2.28. The van der Waals surface area contributed by atoms with Crippen LogP contribution in [0.4, 0.5) is 26.0 Å². The van der Waals surface area contributed by atoms with Crippen molar-refractivity contribution in [1.29, 1.82) is 0 Å². The van der Waals surface area contributed by atoms with Crippen LogP contribution in [0.5, 0.6) is 5.75 Å². The Bertz CT molecular complexity index is 2690. The molecular weight excluding hydrogens is 845 g/mol. The molecule has 0 saturated heterocycles. The second kappa shape index (κ2) is 17.0. The molecule has 4 amide bonds. The normalized spacial score (nSPS) is 13.5. The summed E-state index contributed by atoms with van der Waals surface area (Å²) in [5.41, 5.74) is -0.883. The summed E-state index contributed by atoms with van der Waals surface area (Å²) in [6.07, 6.45) is -1.27. The van der Waals surface area contributed by atoms with Gasteiger partial charge >= 0.3 is 24.2 Å². The highest BCUT2D eigenvalue weighted by Crippen LogP contribution is 2.45. The van der Waals surface area contributed by atoms with Crippen LogP contribution in [-0.2, 0) is 25.6 Å². The van der Waals surface area contributed by atoms with Crippen molar-refractivity contribution in [2.45, 2.75) is 98.6 Å². The monoisotopic (exact) mass is 894 g/mol. The van der Waals surface area contributed by atoms with Crippen molar-refractivity contribution in [2.24, 2.45) is 5.92 Å². The number of aromatic nitrogens is 3. The van der Waals surface area contributed by atoms with Crippen LogP contribution < -0.4 is 20.3 Å². The van der Waals surface area contributed by atoms with E-state index in [1.807, 2.05) is 11.4 Å². The van der Waals surface area contributed by atoms with Gasteiger partial charge in [0, 0.05) is 44.9 Å². The van der Waals surface area contributed by atoms with Crippen LogP contribution in [0, 0.1) is 5.92 Å². The molecule has 0 bridgehead atoms. The lowest BCUT2D eigenvalue weighted by molar-refractivity contribution is 0.0422. The predicted octanol–water partition coefficient (Wildman–Crippen LogP) is 9.36. The van der Waals surface area contributed by atoms with Crippen molar-refractivity contribution >= 4 is 70.1 Å². The van der Waals surface area contributed by atoms with E-state index in [1.165, 1.54) is 48.8 Å². The third-order valence-electron chi connectivity index (χ3n) is 9.61. The van der Waals surface area contributed by atoms with Crippen LogP contribution >= 0.6 is 11.3 Å². The molecule has 7 rings (SSSR count). The number of anilines is 2. The zero-order valence-electron chi connectivity index (χ0n) is 37.3. The third kappa shape index (κ3) is 10.0. The SMILES string of the molecule is COC(=O)c1nc(C(=O)NCC2CC2)ccc1-c1cc2c(cc1C(=O)Nc1ccc3nc(N(C(=O)OC(C)(C)C)C(=O)OC(C)(C)C)n(C(=O)OC(C)(C)C)c3c1)-c1sccc1CO2. The van der Waals surface area contributed by atoms with Gasteiger partial charge in [-0.15, -0.1) is 16.2 Å². The number of imide groups is 1. The number of thiophene rings is 1. The van der Waals surface area contributed by atoms with E-state index in [4.69, 9.17) is 23.7 Å². The van der Waals surface area contributed by atoms with Crippen molar-refractivity contribution in [2.75, 3.05) is 23.9 Å². The molecule has 18 heteroatoms. The quantitative estimate of drug-likeness (QED) is 0.110. The van der Waals surface area contributed by atoms with Crippen LogP contribution in [0.25, 0.3) is 32.6 Å². The lowest BCUT2D eigenvalue weighted by Crippen LogP contribution is -2.45. The molecule has 2 aliphatic rings.